The Labute approximate surface area is 251 Å². The van der Waals surface area contributed by atoms with Gasteiger partial charge < -0.3 is 25.8 Å². The molecule has 0 aliphatic rings. The van der Waals surface area contributed by atoms with Crippen molar-refractivity contribution in [2.75, 3.05) is 5.32 Å². The minimum Gasteiger partial charge on any atom is -0.489 e. The standard InChI is InChI=1S/C36H34N4O3/c37-35(38)29-16-18-31(19-17-29)40-34(36(41)39-23-26-10-4-1-5-11-26)30-20-32(42-24-27-12-6-2-7-13-27)22-33(21-30)43-25-28-14-8-3-9-15-28/h1-22,34,40H,23-25H2,(H3,37,38)(H,39,41)/t34-/m0/s1. The number of carbonyl (C=O) groups is 1. The SMILES string of the molecule is N=C(N)c1ccc(N[C@H](C(=O)NCc2ccccc2)c2cc(OCc3ccccc3)cc(OCc3ccccc3)c2)cc1. The summed E-state index contributed by atoms with van der Waals surface area (Å²) in [6.45, 7) is 1.11. The predicted molar refractivity (Wildman–Crippen MR) is 170 cm³/mol. The third-order valence-electron chi connectivity index (χ3n) is 6.81. The molecule has 1 atom stereocenters. The maximum absolute atomic E-state index is 13.8. The van der Waals surface area contributed by atoms with E-state index in [1.165, 1.54) is 0 Å². The van der Waals surface area contributed by atoms with E-state index in [4.69, 9.17) is 20.6 Å². The summed E-state index contributed by atoms with van der Waals surface area (Å²) < 4.78 is 12.4. The molecule has 5 N–H and O–H groups in total. The summed E-state index contributed by atoms with van der Waals surface area (Å²) >= 11 is 0. The first kappa shape index (κ1) is 29.0. The lowest BCUT2D eigenvalue weighted by atomic mass is 10.0. The van der Waals surface area contributed by atoms with Crippen LogP contribution in [0, 0.1) is 5.41 Å². The van der Waals surface area contributed by atoms with E-state index in [1.807, 2.05) is 109 Å². The van der Waals surface area contributed by atoms with Gasteiger partial charge in [-0.05, 0) is 58.7 Å². The average molecular weight is 571 g/mol. The Hall–Kier alpha value is -5.56. The van der Waals surface area contributed by atoms with Crippen LogP contribution in [0.2, 0.25) is 0 Å². The highest BCUT2D eigenvalue weighted by Gasteiger charge is 2.23. The Morgan fingerprint density at radius 1 is 0.674 bits per heavy atom. The molecule has 0 bridgehead atoms. The number of rotatable bonds is 13. The van der Waals surface area contributed by atoms with Gasteiger partial charge in [0.2, 0.25) is 5.91 Å². The van der Waals surface area contributed by atoms with Gasteiger partial charge in [-0.25, -0.2) is 0 Å². The van der Waals surface area contributed by atoms with Crippen LogP contribution in [0.3, 0.4) is 0 Å². The number of nitrogens with one attached hydrogen (secondary N) is 3. The molecule has 0 aliphatic carbocycles. The van der Waals surface area contributed by atoms with Crippen molar-refractivity contribution in [2.45, 2.75) is 25.8 Å². The Kier molecular flexibility index (Phi) is 9.67. The smallest absolute Gasteiger partial charge is 0.247 e. The van der Waals surface area contributed by atoms with Gasteiger partial charge >= 0.3 is 0 Å². The number of amides is 1. The van der Waals surface area contributed by atoms with Crippen LogP contribution in [-0.2, 0) is 24.6 Å². The summed E-state index contributed by atoms with van der Waals surface area (Å²) in [6, 6.07) is 41.5. The molecule has 216 valence electrons. The highest BCUT2D eigenvalue weighted by atomic mass is 16.5. The number of hydrogen-bond donors (Lipinski definition) is 4. The third-order valence-corrected chi connectivity index (χ3v) is 6.81. The second kappa shape index (κ2) is 14.4. The number of ether oxygens (including phenoxy) is 2. The first-order chi connectivity index (χ1) is 21.0. The van der Waals surface area contributed by atoms with Crippen LogP contribution < -0.4 is 25.8 Å². The quantitative estimate of drug-likeness (QED) is 0.0942. The molecule has 1 amide bonds. The Bertz CT molecular complexity index is 1560. The third kappa shape index (κ3) is 8.47. The van der Waals surface area contributed by atoms with Crippen molar-refractivity contribution in [1.29, 1.82) is 5.41 Å². The molecule has 0 fully saturated rings. The first-order valence-corrected chi connectivity index (χ1v) is 14.0. The van der Waals surface area contributed by atoms with Crippen molar-refractivity contribution in [3.8, 4) is 11.5 Å². The number of benzene rings is 5. The summed E-state index contributed by atoms with van der Waals surface area (Å²) in [4.78, 5) is 13.8. The molecule has 0 spiro atoms. The van der Waals surface area contributed by atoms with Crippen LogP contribution in [0.1, 0.15) is 33.9 Å². The van der Waals surface area contributed by atoms with Crippen molar-refractivity contribution in [3.05, 3.63) is 161 Å². The van der Waals surface area contributed by atoms with E-state index in [1.54, 1.807) is 24.3 Å². The van der Waals surface area contributed by atoms with E-state index in [2.05, 4.69) is 10.6 Å². The topological polar surface area (TPSA) is 109 Å². The average Bonchev–Trinajstić information content (AvgIpc) is 3.06. The summed E-state index contributed by atoms with van der Waals surface area (Å²) in [5, 5.41) is 14.1. The molecule has 0 heterocycles. The number of anilines is 1. The molecule has 5 aromatic carbocycles. The van der Waals surface area contributed by atoms with Gasteiger partial charge in [-0.1, -0.05) is 91.0 Å². The van der Waals surface area contributed by atoms with Crippen LogP contribution in [0.5, 0.6) is 11.5 Å². The largest absolute Gasteiger partial charge is 0.489 e. The van der Waals surface area contributed by atoms with Gasteiger partial charge in [-0.2, -0.15) is 0 Å². The molecule has 7 nitrogen and oxygen atoms in total. The normalized spacial score (nSPS) is 11.3. The monoisotopic (exact) mass is 570 g/mol. The molecule has 5 rings (SSSR count). The fraction of sp³-hybridized carbons (Fsp3) is 0.111. The number of nitrogens with two attached hydrogens (primary N) is 1. The van der Waals surface area contributed by atoms with E-state index in [0.29, 0.717) is 48.1 Å². The number of hydrogen-bond acceptors (Lipinski definition) is 5. The van der Waals surface area contributed by atoms with Crippen molar-refractivity contribution in [2.24, 2.45) is 5.73 Å². The van der Waals surface area contributed by atoms with Gasteiger partial charge in [0.15, 0.2) is 0 Å². The molecule has 0 aliphatic heterocycles. The molecule has 0 unspecified atom stereocenters. The molecule has 43 heavy (non-hydrogen) atoms. The zero-order valence-electron chi connectivity index (χ0n) is 23.7. The van der Waals surface area contributed by atoms with Gasteiger partial charge in [0.1, 0.15) is 36.6 Å². The Morgan fingerprint density at radius 2 is 1.16 bits per heavy atom. The summed E-state index contributed by atoms with van der Waals surface area (Å²) in [7, 11) is 0. The van der Waals surface area contributed by atoms with Crippen molar-refractivity contribution in [3.63, 3.8) is 0 Å². The van der Waals surface area contributed by atoms with Crippen molar-refractivity contribution >= 4 is 17.4 Å². The van der Waals surface area contributed by atoms with Gasteiger partial charge in [-0.15, -0.1) is 0 Å². The molecular weight excluding hydrogens is 536 g/mol. The first-order valence-electron chi connectivity index (χ1n) is 14.0. The van der Waals surface area contributed by atoms with Crippen LogP contribution in [-0.4, -0.2) is 11.7 Å². The fourth-order valence-corrected chi connectivity index (χ4v) is 4.51. The van der Waals surface area contributed by atoms with Crippen LogP contribution in [0.15, 0.2) is 133 Å². The maximum atomic E-state index is 13.8. The summed E-state index contributed by atoms with van der Waals surface area (Å²) in [6.07, 6.45) is 0. The zero-order valence-corrected chi connectivity index (χ0v) is 23.7. The summed E-state index contributed by atoms with van der Waals surface area (Å²) in [5.41, 5.74) is 10.7. The zero-order chi connectivity index (χ0) is 29.9. The van der Waals surface area contributed by atoms with Gasteiger partial charge in [0.25, 0.3) is 0 Å². The molecule has 0 aromatic heterocycles. The Balaban J connectivity index is 1.45. The predicted octanol–water partition coefficient (Wildman–Crippen LogP) is 6.60. The number of carbonyl (C=O) groups excluding carboxylic acids is 1. The van der Waals surface area contributed by atoms with Gasteiger partial charge in [0, 0.05) is 23.9 Å². The lowest BCUT2D eigenvalue weighted by Crippen LogP contribution is -2.33. The van der Waals surface area contributed by atoms with Gasteiger partial charge in [-0.3, -0.25) is 10.2 Å². The lowest BCUT2D eigenvalue weighted by Gasteiger charge is -2.22. The second-order valence-electron chi connectivity index (χ2n) is 10.1. The highest BCUT2D eigenvalue weighted by Crippen LogP contribution is 2.30. The fourth-order valence-electron chi connectivity index (χ4n) is 4.51. The maximum Gasteiger partial charge on any atom is 0.247 e. The highest BCUT2D eigenvalue weighted by molar-refractivity contribution is 5.95. The molecule has 0 saturated carbocycles. The van der Waals surface area contributed by atoms with E-state index in [-0.39, 0.29) is 11.7 Å². The van der Waals surface area contributed by atoms with E-state index in [0.717, 1.165) is 16.7 Å². The second-order valence-corrected chi connectivity index (χ2v) is 10.1. The summed E-state index contributed by atoms with van der Waals surface area (Å²) in [5.74, 6) is 0.930. The minimum absolute atomic E-state index is 0.0211. The molecule has 0 saturated heterocycles. The van der Waals surface area contributed by atoms with E-state index >= 15 is 0 Å². The molecular formula is C36H34N4O3. The Morgan fingerprint density at radius 3 is 1.65 bits per heavy atom. The van der Waals surface area contributed by atoms with Crippen LogP contribution in [0.25, 0.3) is 0 Å². The lowest BCUT2D eigenvalue weighted by molar-refractivity contribution is -0.122. The van der Waals surface area contributed by atoms with Gasteiger partial charge in [0.05, 0.1) is 0 Å². The molecule has 7 heteroatoms. The minimum atomic E-state index is -0.772. The molecule has 0 radical (unpaired) electrons. The van der Waals surface area contributed by atoms with Crippen molar-refractivity contribution < 1.29 is 14.3 Å². The van der Waals surface area contributed by atoms with E-state index in [9.17, 15) is 4.79 Å². The van der Waals surface area contributed by atoms with Crippen molar-refractivity contribution in [1.82, 2.24) is 5.32 Å². The van der Waals surface area contributed by atoms with Crippen LogP contribution in [0.4, 0.5) is 5.69 Å². The molecule has 5 aromatic rings. The van der Waals surface area contributed by atoms with E-state index < -0.39 is 6.04 Å². The number of nitrogen functional groups attached to an aromatic ring is 1. The number of amidine groups is 1. The van der Waals surface area contributed by atoms with Crippen LogP contribution >= 0.6 is 0 Å².